The quantitative estimate of drug-likeness (QED) is 0.767. The van der Waals surface area contributed by atoms with Crippen LogP contribution in [0.2, 0.25) is 0 Å². The summed E-state index contributed by atoms with van der Waals surface area (Å²) in [4.78, 5) is 10.6. The third-order valence-corrected chi connectivity index (χ3v) is 2.30. The number of benzene rings is 1. The lowest BCUT2D eigenvalue weighted by atomic mass is 10.3. The van der Waals surface area contributed by atoms with E-state index in [2.05, 4.69) is 15.5 Å². The fourth-order valence-corrected chi connectivity index (χ4v) is 1.41. The fourth-order valence-electron chi connectivity index (χ4n) is 1.41. The Bertz CT molecular complexity index is 529. The minimum Gasteiger partial charge on any atom is -0.492 e. The van der Waals surface area contributed by atoms with E-state index in [9.17, 15) is 4.79 Å². The Morgan fingerprint density at radius 2 is 1.95 bits per heavy atom. The smallest absolute Gasteiger partial charge is 0.356 e. The molecule has 2 rings (SSSR count). The van der Waals surface area contributed by atoms with Gasteiger partial charge in [-0.25, -0.2) is 4.79 Å². The number of hydrogen-bond acceptors (Lipinski definition) is 5. The van der Waals surface area contributed by atoms with Gasteiger partial charge in [0.1, 0.15) is 18.2 Å². The number of aromatic carboxylic acids is 1. The van der Waals surface area contributed by atoms with Gasteiger partial charge >= 0.3 is 5.97 Å². The second-order valence-corrected chi connectivity index (χ2v) is 3.70. The highest BCUT2D eigenvalue weighted by Crippen LogP contribution is 2.08. The van der Waals surface area contributed by atoms with Crippen molar-refractivity contribution in [1.29, 1.82) is 0 Å². The van der Waals surface area contributed by atoms with Gasteiger partial charge in [0.2, 0.25) is 0 Å². The fraction of sp³-hybridized carbons (Fsp3) is 0.154. The van der Waals surface area contributed by atoms with Crippen molar-refractivity contribution in [1.82, 2.24) is 10.2 Å². The zero-order chi connectivity index (χ0) is 13.5. The maximum Gasteiger partial charge on any atom is 0.356 e. The SMILES string of the molecule is O=C(O)c1ccc(NCCOc2ccccc2)nn1. The number of nitrogens with zero attached hydrogens (tertiary/aromatic N) is 2. The van der Waals surface area contributed by atoms with Crippen LogP contribution in [-0.4, -0.2) is 34.4 Å². The Balaban J connectivity index is 1.75. The predicted molar refractivity (Wildman–Crippen MR) is 69.4 cm³/mol. The average molecular weight is 259 g/mol. The molecule has 0 saturated heterocycles. The normalized spacial score (nSPS) is 9.89. The number of carboxylic acids is 1. The van der Waals surface area contributed by atoms with E-state index < -0.39 is 5.97 Å². The van der Waals surface area contributed by atoms with Crippen LogP contribution in [0.5, 0.6) is 5.75 Å². The largest absolute Gasteiger partial charge is 0.492 e. The highest BCUT2D eigenvalue weighted by Gasteiger charge is 2.04. The van der Waals surface area contributed by atoms with Crippen molar-refractivity contribution in [3.63, 3.8) is 0 Å². The summed E-state index contributed by atoms with van der Waals surface area (Å²) in [6, 6.07) is 12.4. The molecule has 0 unspecified atom stereocenters. The van der Waals surface area contributed by atoms with Crippen molar-refractivity contribution in [2.24, 2.45) is 0 Å². The number of carboxylic acid groups (broad SMARTS) is 1. The van der Waals surface area contributed by atoms with E-state index in [1.54, 1.807) is 6.07 Å². The monoisotopic (exact) mass is 259 g/mol. The topological polar surface area (TPSA) is 84.3 Å². The number of aromatic nitrogens is 2. The van der Waals surface area contributed by atoms with Gasteiger partial charge in [0, 0.05) is 0 Å². The first-order valence-corrected chi connectivity index (χ1v) is 5.74. The van der Waals surface area contributed by atoms with Crippen LogP contribution in [0.25, 0.3) is 0 Å². The molecular formula is C13H13N3O3. The van der Waals surface area contributed by atoms with Crippen LogP contribution in [0.4, 0.5) is 5.82 Å². The molecule has 0 fully saturated rings. The summed E-state index contributed by atoms with van der Waals surface area (Å²) in [5.41, 5.74) is -0.0777. The van der Waals surface area contributed by atoms with E-state index >= 15 is 0 Å². The summed E-state index contributed by atoms with van der Waals surface area (Å²) < 4.78 is 5.48. The third-order valence-electron chi connectivity index (χ3n) is 2.30. The van der Waals surface area contributed by atoms with Crippen LogP contribution in [0.15, 0.2) is 42.5 Å². The van der Waals surface area contributed by atoms with Crippen molar-refractivity contribution in [3.8, 4) is 5.75 Å². The molecule has 6 nitrogen and oxygen atoms in total. The number of para-hydroxylation sites is 1. The second-order valence-electron chi connectivity index (χ2n) is 3.70. The highest BCUT2D eigenvalue weighted by atomic mass is 16.5. The molecule has 1 aromatic heterocycles. The summed E-state index contributed by atoms with van der Waals surface area (Å²) in [5.74, 6) is 0.227. The molecule has 0 aliphatic rings. The van der Waals surface area contributed by atoms with Gasteiger partial charge < -0.3 is 15.2 Å². The molecule has 0 spiro atoms. The van der Waals surface area contributed by atoms with Gasteiger partial charge in [-0.3, -0.25) is 0 Å². The Hall–Kier alpha value is -2.63. The molecule has 0 aliphatic heterocycles. The number of hydrogen-bond donors (Lipinski definition) is 2. The molecule has 98 valence electrons. The molecule has 0 saturated carbocycles. The van der Waals surface area contributed by atoms with E-state index in [1.807, 2.05) is 30.3 Å². The van der Waals surface area contributed by atoms with Gasteiger partial charge in [0.15, 0.2) is 5.69 Å². The van der Waals surface area contributed by atoms with Gasteiger partial charge in [-0.1, -0.05) is 18.2 Å². The number of carbonyl (C=O) groups is 1. The first-order valence-electron chi connectivity index (χ1n) is 5.74. The number of anilines is 1. The minimum atomic E-state index is -1.09. The van der Waals surface area contributed by atoms with Gasteiger partial charge in [-0.15, -0.1) is 10.2 Å². The van der Waals surface area contributed by atoms with Crippen LogP contribution in [-0.2, 0) is 0 Å². The molecule has 19 heavy (non-hydrogen) atoms. The number of ether oxygens (including phenoxy) is 1. The molecule has 6 heteroatoms. The first kappa shape index (κ1) is 12.8. The lowest BCUT2D eigenvalue weighted by molar-refractivity contribution is 0.0689. The van der Waals surface area contributed by atoms with Crippen LogP contribution >= 0.6 is 0 Å². The summed E-state index contributed by atoms with van der Waals surface area (Å²) in [7, 11) is 0. The molecule has 0 aliphatic carbocycles. The molecule has 0 bridgehead atoms. The molecule has 1 heterocycles. The molecule has 1 aromatic carbocycles. The summed E-state index contributed by atoms with van der Waals surface area (Å²) in [6.07, 6.45) is 0. The van der Waals surface area contributed by atoms with E-state index in [0.29, 0.717) is 19.0 Å². The van der Waals surface area contributed by atoms with Crippen molar-refractivity contribution in [2.45, 2.75) is 0 Å². The van der Waals surface area contributed by atoms with Crippen molar-refractivity contribution < 1.29 is 14.6 Å². The van der Waals surface area contributed by atoms with Gasteiger partial charge in [-0.2, -0.15) is 0 Å². The Morgan fingerprint density at radius 3 is 2.58 bits per heavy atom. The maximum absolute atomic E-state index is 10.6. The minimum absolute atomic E-state index is 0.0777. The Kier molecular flexibility index (Phi) is 4.28. The molecule has 2 N–H and O–H groups in total. The maximum atomic E-state index is 10.6. The lowest BCUT2D eigenvalue weighted by Crippen LogP contribution is -2.13. The summed E-state index contributed by atoms with van der Waals surface area (Å²) in [5, 5.41) is 19.0. The van der Waals surface area contributed by atoms with E-state index in [4.69, 9.17) is 9.84 Å². The zero-order valence-corrected chi connectivity index (χ0v) is 10.1. The van der Waals surface area contributed by atoms with Crippen molar-refractivity contribution in [3.05, 3.63) is 48.2 Å². The summed E-state index contributed by atoms with van der Waals surface area (Å²) >= 11 is 0. The third kappa shape index (κ3) is 3.95. The first-order chi connectivity index (χ1) is 9.25. The second kappa shape index (κ2) is 6.34. The zero-order valence-electron chi connectivity index (χ0n) is 10.1. The van der Waals surface area contributed by atoms with E-state index in [-0.39, 0.29) is 5.69 Å². The van der Waals surface area contributed by atoms with Gasteiger partial charge in [-0.05, 0) is 24.3 Å². The number of rotatable bonds is 6. The lowest BCUT2D eigenvalue weighted by Gasteiger charge is -2.07. The number of nitrogens with one attached hydrogen (secondary N) is 1. The predicted octanol–water partition coefficient (Wildman–Crippen LogP) is 1.67. The average Bonchev–Trinajstić information content (AvgIpc) is 2.45. The van der Waals surface area contributed by atoms with Gasteiger partial charge in [0.05, 0.1) is 6.54 Å². The van der Waals surface area contributed by atoms with Crippen LogP contribution in [0, 0.1) is 0 Å². The van der Waals surface area contributed by atoms with Crippen LogP contribution < -0.4 is 10.1 Å². The van der Waals surface area contributed by atoms with E-state index in [1.165, 1.54) is 6.07 Å². The molecule has 0 radical (unpaired) electrons. The van der Waals surface area contributed by atoms with E-state index in [0.717, 1.165) is 5.75 Å². The molecule has 0 atom stereocenters. The molecular weight excluding hydrogens is 246 g/mol. The van der Waals surface area contributed by atoms with Crippen molar-refractivity contribution >= 4 is 11.8 Å². The summed E-state index contributed by atoms with van der Waals surface area (Å²) in [6.45, 7) is 1.03. The molecule has 2 aromatic rings. The van der Waals surface area contributed by atoms with Crippen LogP contribution in [0.1, 0.15) is 10.5 Å². The Morgan fingerprint density at radius 1 is 1.16 bits per heavy atom. The van der Waals surface area contributed by atoms with Crippen LogP contribution in [0.3, 0.4) is 0 Å². The van der Waals surface area contributed by atoms with Gasteiger partial charge in [0.25, 0.3) is 0 Å². The Labute approximate surface area is 110 Å². The molecule has 0 amide bonds. The highest BCUT2D eigenvalue weighted by molar-refractivity contribution is 5.85. The van der Waals surface area contributed by atoms with Crippen molar-refractivity contribution in [2.75, 3.05) is 18.5 Å². The standard InChI is InChI=1S/C13H13N3O3/c17-13(18)11-6-7-12(16-15-11)14-8-9-19-10-4-2-1-3-5-10/h1-7H,8-9H2,(H,14,16)(H,17,18).